The topological polar surface area (TPSA) is 99.8 Å². The lowest BCUT2D eigenvalue weighted by atomic mass is 9.96. The molecule has 3 N–H and O–H groups in total. The van der Waals surface area contributed by atoms with E-state index in [1.165, 1.54) is 10.6 Å². The number of nitrogens with zero attached hydrogens (tertiary/aromatic N) is 1. The van der Waals surface area contributed by atoms with Gasteiger partial charge in [0.1, 0.15) is 0 Å². The van der Waals surface area contributed by atoms with E-state index in [0.717, 1.165) is 16.5 Å². The van der Waals surface area contributed by atoms with E-state index in [1.54, 1.807) is 19.2 Å². The molecular weight excluding hydrogens is 370 g/mol. The van der Waals surface area contributed by atoms with Gasteiger partial charge in [0.15, 0.2) is 0 Å². The van der Waals surface area contributed by atoms with Crippen molar-refractivity contribution in [3.8, 4) is 11.1 Å². The lowest BCUT2D eigenvalue weighted by Crippen LogP contribution is -2.21. The van der Waals surface area contributed by atoms with E-state index in [2.05, 4.69) is 0 Å². The molecule has 1 aromatic heterocycles. The van der Waals surface area contributed by atoms with Crippen LogP contribution in [0.4, 0.5) is 0 Å². The van der Waals surface area contributed by atoms with Gasteiger partial charge in [0.25, 0.3) is 5.56 Å². The zero-order chi connectivity index (χ0) is 21.0. The number of hydrogen-bond donors (Lipinski definition) is 3. The van der Waals surface area contributed by atoms with E-state index in [9.17, 15) is 19.8 Å². The van der Waals surface area contributed by atoms with E-state index < -0.39 is 24.6 Å². The minimum absolute atomic E-state index is 0.106. The standard InChI is InChI=1S/C23H23NO5/c1-24-20(12-11-16(25)13-17(26)14-21(27)28)22(15-7-3-2-4-8-15)18-9-5-6-10-19(18)23(24)29/h2-12,16-17,25-26H,13-14H2,1H3,(H,27,28). The Morgan fingerprint density at radius 1 is 1.03 bits per heavy atom. The van der Waals surface area contributed by atoms with Crippen LogP contribution < -0.4 is 5.56 Å². The predicted octanol–water partition coefficient (Wildman–Crippen LogP) is 2.81. The number of carbonyl (C=O) groups is 1. The van der Waals surface area contributed by atoms with Crippen LogP contribution in [-0.4, -0.2) is 38.1 Å². The van der Waals surface area contributed by atoms with Crippen molar-refractivity contribution >= 4 is 22.8 Å². The first-order valence-electron chi connectivity index (χ1n) is 9.31. The molecule has 150 valence electrons. The van der Waals surface area contributed by atoms with Crippen LogP contribution in [0.25, 0.3) is 28.0 Å². The van der Waals surface area contributed by atoms with Gasteiger partial charge in [0.05, 0.1) is 24.3 Å². The molecule has 29 heavy (non-hydrogen) atoms. The molecule has 0 saturated heterocycles. The van der Waals surface area contributed by atoms with Crippen LogP contribution in [0.5, 0.6) is 0 Å². The Bertz CT molecular complexity index is 1100. The molecule has 2 unspecified atom stereocenters. The molecule has 1 heterocycles. The molecule has 3 rings (SSSR count). The molecule has 0 spiro atoms. The van der Waals surface area contributed by atoms with E-state index in [1.807, 2.05) is 48.5 Å². The average Bonchev–Trinajstić information content (AvgIpc) is 2.69. The highest BCUT2D eigenvalue weighted by atomic mass is 16.4. The highest BCUT2D eigenvalue weighted by molar-refractivity contribution is 5.99. The molecule has 3 aromatic rings. The maximum Gasteiger partial charge on any atom is 0.305 e. The lowest BCUT2D eigenvalue weighted by molar-refractivity contribution is -0.139. The van der Waals surface area contributed by atoms with Crippen molar-refractivity contribution in [1.29, 1.82) is 0 Å². The molecule has 0 fully saturated rings. The number of carboxylic acids is 1. The second-order valence-corrected chi connectivity index (χ2v) is 6.95. The first-order valence-corrected chi connectivity index (χ1v) is 9.31. The normalized spacial score (nSPS) is 13.6. The van der Waals surface area contributed by atoms with Crippen LogP contribution >= 0.6 is 0 Å². The van der Waals surface area contributed by atoms with Gasteiger partial charge in [0, 0.05) is 24.4 Å². The zero-order valence-electron chi connectivity index (χ0n) is 16.0. The SMILES string of the molecule is Cn1c(C=CC(O)CC(O)CC(=O)O)c(-c2ccccc2)c2ccccc2c1=O. The molecule has 0 aliphatic carbocycles. The predicted molar refractivity (Wildman–Crippen MR) is 113 cm³/mol. The highest BCUT2D eigenvalue weighted by Gasteiger charge is 2.16. The first kappa shape index (κ1) is 20.5. The number of hydrogen-bond acceptors (Lipinski definition) is 4. The Morgan fingerprint density at radius 2 is 1.66 bits per heavy atom. The largest absolute Gasteiger partial charge is 0.481 e. The van der Waals surface area contributed by atoms with Crippen LogP contribution in [0.2, 0.25) is 0 Å². The van der Waals surface area contributed by atoms with Gasteiger partial charge in [-0.15, -0.1) is 0 Å². The van der Waals surface area contributed by atoms with Crippen LogP contribution in [0.15, 0.2) is 65.5 Å². The van der Waals surface area contributed by atoms with Gasteiger partial charge < -0.3 is 19.9 Å². The van der Waals surface area contributed by atoms with Gasteiger partial charge in [-0.05, 0) is 23.1 Å². The summed E-state index contributed by atoms with van der Waals surface area (Å²) >= 11 is 0. The molecule has 2 atom stereocenters. The quantitative estimate of drug-likeness (QED) is 0.573. The number of rotatable bonds is 7. The molecule has 0 aliphatic rings. The summed E-state index contributed by atoms with van der Waals surface area (Å²) in [6.07, 6.45) is 0.380. The number of aromatic nitrogens is 1. The zero-order valence-corrected chi connectivity index (χ0v) is 16.0. The minimum atomic E-state index is -1.15. The third-order valence-electron chi connectivity index (χ3n) is 4.81. The van der Waals surface area contributed by atoms with Crippen molar-refractivity contribution < 1.29 is 20.1 Å². The van der Waals surface area contributed by atoms with E-state index >= 15 is 0 Å². The Morgan fingerprint density at radius 3 is 2.31 bits per heavy atom. The van der Waals surface area contributed by atoms with Crippen LogP contribution in [0, 0.1) is 0 Å². The number of aliphatic hydroxyl groups is 2. The van der Waals surface area contributed by atoms with Gasteiger partial charge in [-0.25, -0.2) is 0 Å². The summed E-state index contributed by atoms with van der Waals surface area (Å²) in [5, 5.41) is 30.1. The molecule has 2 aromatic carbocycles. The van der Waals surface area contributed by atoms with Gasteiger partial charge >= 0.3 is 5.97 Å². The second kappa shape index (κ2) is 8.86. The Hall–Kier alpha value is -3.22. The molecule has 6 nitrogen and oxygen atoms in total. The van der Waals surface area contributed by atoms with Gasteiger partial charge in [-0.1, -0.05) is 54.6 Å². The summed E-state index contributed by atoms with van der Waals surface area (Å²) in [7, 11) is 1.67. The lowest BCUT2D eigenvalue weighted by Gasteiger charge is -2.16. The Labute approximate surface area is 168 Å². The second-order valence-electron chi connectivity index (χ2n) is 6.95. The molecule has 0 radical (unpaired) electrons. The minimum Gasteiger partial charge on any atom is -0.481 e. The fourth-order valence-electron chi connectivity index (χ4n) is 3.43. The first-order chi connectivity index (χ1) is 13.9. The summed E-state index contributed by atoms with van der Waals surface area (Å²) in [5.74, 6) is -1.13. The van der Waals surface area contributed by atoms with Gasteiger partial charge in [-0.3, -0.25) is 9.59 Å². The number of benzene rings is 2. The third-order valence-corrected chi connectivity index (χ3v) is 4.81. The molecule has 0 aliphatic heterocycles. The summed E-state index contributed by atoms with van der Waals surface area (Å²) < 4.78 is 1.53. The number of fused-ring (bicyclic) bond motifs is 1. The van der Waals surface area contributed by atoms with Gasteiger partial charge in [-0.2, -0.15) is 0 Å². The van der Waals surface area contributed by atoms with Crippen LogP contribution in [0.3, 0.4) is 0 Å². The van der Waals surface area contributed by atoms with Crippen LogP contribution in [-0.2, 0) is 11.8 Å². The van der Waals surface area contributed by atoms with Crippen molar-refractivity contribution in [3.63, 3.8) is 0 Å². The smallest absolute Gasteiger partial charge is 0.305 e. The van der Waals surface area contributed by atoms with Gasteiger partial charge in [0.2, 0.25) is 0 Å². The number of pyridine rings is 1. The molecule has 0 bridgehead atoms. The number of aliphatic carboxylic acids is 1. The Kier molecular flexibility index (Phi) is 6.26. The highest BCUT2D eigenvalue weighted by Crippen LogP contribution is 2.31. The fraction of sp³-hybridized carbons (Fsp3) is 0.217. The maximum absolute atomic E-state index is 12.8. The summed E-state index contributed by atoms with van der Waals surface area (Å²) in [5.41, 5.74) is 2.25. The van der Waals surface area contributed by atoms with Crippen LogP contribution in [0.1, 0.15) is 18.5 Å². The average molecular weight is 393 g/mol. The van der Waals surface area contributed by atoms with Crippen molar-refractivity contribution in [2.24, 2.45) is 7.05 Å². The Balaban J connectivity index is 2.08. The van der Waals surface area contributed by atoms with Crippen molar-refractivity contribution in [2.45, 2.75) is 25.0 Å². The third kappa shape index (κ3) is 4.62. The number of carboxylic acid groups (broad SMARTS) is 1. The summed E-state index contributed by atoms with van der Waals surface area (Å²) in [6, 6.07) is 17.0. The van der Waals surface area contributed by atoms with Crippen molar-refractivity contribution in [3.05, 3.63) is 76.7 Å². The molecule has 6 heteroatoms. The maximum atomic E-state index is 12.8. The van der Waals surface area contributed by atoms with E-state index in [4.69, 9.17) is 5.11 Å². The van der Waals surface area contributed by atoms with E-state index in [0.29, 0.717) is 11.1 Å². The van der Waals surface area contributed by atoms with Crippen molar-refractivity contribution in [1.82, 2.24) is 4.57 Å². The summed E-state index contributed by atoms with van der Waals surface area (Å²) in [4.78, 5) is 23.5. The fourth-order valence-corrected chi connectivity index (χ4v) is 3.43. The van der Waals surface area contributed by atoms with E-state index in [-0.39, 0.29) is 12.0 Å². The molecule has 0 saturated carbocycles. The van der Waals surface area contributed by atoms with Crippen molar-refractivity contribution in [2.75, 3.05) is 0 Å². The monoisotopic (exact) mass is 393 g/mol. The molecular formula is C23H23NO5. The molecule has 0 amide bonds. The number of aliphatic hydroxyl groups excluding tert-OH is 2. The summed E-state index contributed by atoms with van der Waals surface area (Å²) in [6.45, 7) is 0.